The molecule has 0 aliphatic heterocycles. The summed E-state index contributed by atoms with van der Waals surface area (Å²) >= 11 is 12.0. The Morgan fingerprint density at radius 3 is 3.00 bits per heavy atom. The van der Waals surface area contributed by atoms with E-state index in [1.165, 1.54) is 15.6 Å². The first kappa shape index (κ1) is 9.38. The predicted molar refractivity (Wildman–Crippen MR) is 63.4 cm³/mol. The molecule has 0 atom stereocenters. The Labute approximate surface area is 91.9 Å². The molecule has 2 rings (SSSR count). The Morgan fingerprint density at radius 1 is 1.54 bits per heavy atom. The Morgan fingerprint density at radius 2 is 2.31 bits per heavy atom. The first-order valence-corrected chi connectivity index (χ1v) is 5.84. The van der Waals surface area contributed by atoms with Crippen LogP contribution in [0.2, 0.25) is 0 Å². The van der Waals surface area contributed by atoms with Crippen molar-refractivity contribution in [3.63, 3.8) is 0 Å². The van der Waals surface area contributed by atoms with Crippen LogP contribution in [0.5, 0.6) is 0 Å². The fourth-order valence-electron chi connectivity index (χ4n) is 1.44. The van der Waals surface area contributed by atoms with E-state index in [4.69, 9.17) is 11.6 Å². The summed E-state index contributed by atoms with van der Waals surface area (Å²) in [5, 5.41) is 3.40. The van der Waals surface area contributed by atoms with Crippen LogP contribution < -0.4 is 0 Å². The second kappa shape index (κ2) is 3.52. The van der Waals surface area contributed by atoms with E-state index in [0.29, 0.717) is 5.88 Å². The van der Waals surface area contributed by atoms with Crippen LogP contribution in [0.15, 0.2) is 22.4 Å². The van der Waals surface area contributed by atoms with Gasteiger partial charge in [0.05, 0.1) is 0 Å². The minimum absolute atomic E-state index is 0.535. The van der Waals surface area contributed by atoms with E-state index in [2.05, 4.69) is 37.1 Å². The third kappa shape index (κ3) is 1.47. The second-order valence-electron chi connectivity index (χ2n) is 2.98. The molecule has 1 aromatic heterocycles. The number of hydrogen-bond donors (Lipinski definition) is 1. The lowest BCUT2D eigenvalue weighted by molar-refractivity contribution is 1.23. The van der Waals surface area contributed by atoms with Crippen molar-refractivity contribution in [3.05, 3.63) is 28.6 Å². The lowest BCUT2D eigenvalue weighted by atomic mass is 10.1. The highest BCUT2D eigenvalue weighted by atomic mass is 35.5. The van der Waals surface area contributed by atoms with E-state index < -0.39 is 0 Å². The summed E-state index contributed by atoms with van der Waals surface area (Å²) in [5.41, 5.74) is 2.36. The standard InChI is InChI=1S/C10H9ClS2/c1-6-8-2-3-13-9(8)4-7(5-11)10(6)12/h2-4,12H,5H2,1H3. The topological polar surface area (TPSA) is 0 Å². The molecule has 0 amide bonds. The van der Waals surface area contributed by atoms with Crippen LogP contribution in [0.4, 0.5) is 0 Å². The first-order chi connectivity index (χ1) is 6.24. The molecule has 0 unspecified atom stereocenters. The van der Waals surface area contributed by atoms with Crippen LogP contribution in [0.1, 0.15) is 11.1 Å². The van der Waals surface area contributed by atoms with E-state index in [1.54, 1.807) is 11.3 Å². The van der Waals surface area contributed by atoms with Gasteiger partial charge in [-0.05, 0) is 40.9 Å². The number of alkyl halides is 1. The Bertz CT molecular complexity index is 445. The molecule has 1 aromatic carbocycles. The quantitative estimate of drug-likeness (QED) is 0.548. The SMILES string of the molecule is Cc1c(S)c(CCl)cc2sccc12. The van der Waals surface area contributed by atoms with E-state index in [-0.39, 0.29) is 0 Å². The van der Waals surface area contributed by atoms with Gasteiger partial charge in [0.15, 0.2) is 0 Å². The number of aryl methyl sites for hydroxylation is 1. The van der Waals surface area contributed by atoms with Crippen LogP contribution in [-0.2, 0) is 5.88 Å². The molecule has 0 saturated heterocycles. The summed E-state index contributed by atoms with van der Waals surface area (Å²) in [5.74, 6) is 0.535. The summed E-state index contributed by atoms with van der Waals surface area (Å²) < 4.78 is 1.30. The monoisotopic (exact) mass is 228 g/mol. The van der Waals surface area contributed by atoms with Crippen LogP contribution in [0.3, 0.4) is 0 Å². The van der Waals surface area contributed by atoms with Crippen molar-refractivity contribution in [1.82, 2.24) is 0 Å². The lowest BCUT2D eigenvalue weighted by Gasteiger charge is -2.06. The van der Waals surface area contributed by atoms with Gasteiger partial charge in [-0.3, -0.25) is 0 Å². The van der Waals surface area contributed by atoms with Gasteiger partial charge in [0.1, 0.15) is 0 Å². The molecule has 68 valence electrons. The average Bonchev–Trinajstić information content (AvgIpc) is 2.59. The highest BCUT2D eigenvalue weighted by Gasteiger charge is 2.06. The molecule has 0 fully saturated rings. The van der Waals surface area contributed by atoms with Gasteiger partial charge >= 0.3 is 0 Å². The summed E-state index contributed by atoms with van der Waals surface area (Å²) in [4.78, 5) is 1.03. The van der Waals surface area contributed by atoms with Crippen LogP contribution in [0.25, 0.3) is 10.1 Å². The zero-order chi connectivity index (χ0) is 9.42. The van der Waals surface area contributed by atoms with Crippen molar-refractivity contribution in [3.8, 4) is 0 Å². The molecule has 0 bridgehead atoms. The van der Waals surface area contributed by atoms with Gasteiger partial charge in [-0.25, -0.2) is 0 Å². The molecule has 0 radical (unpaired) electrons. The maximum absolute atomic E-state index is 5.83. The number of rotatable bonds is 1. The Balaban J connectivity index is 2.83. The van der Waals surface area contributed by atoms with Gasteiger partial charge in [0, 0.05) is 15.5 Å². The van der Waals surface area contributed by atoms with Gasteiger partial charge in [-0.15, -0.1) is 35.6 Å². The van der Waals surface area contributed by atoms with E-state index in [0.717, 1.165) is 10.5 Å². The molecule has 1 heterocycles. The minimum Gasteiger partial charge on any atom is -0.144 e. The minimum atomic E-state index is 0.535. The number of thiophene rings is 1. The molecular formula is C10H9ClS2. The molecule has 0 saturated carbocycles. The molecule has 0 N–H and O–H groups in total. The third-order valence-corrected chi connectivity index (χ3v) is 3.98. The van der Waals surface area contributed by atoms with Crippen molar-refractivity contribution < 1.29 is 0 Å². The largest absolute Gasteiger partial charge is 0.144 e. The van der Waals surface area contributed by atoms with E-state index >= 15 is 0 Å². The van der Waals surface area contributed by atoms with Crippen molar-refractivity contribution >= 4 is 45.7 Å². The number of thiol groups is 1. The zero-order valence-corrected chi connectivity index (χ0v) is 9.64. The van der Waals surface area contributed by atoms with Crippen LogP contribution >= 0.6 is 35.6 Å². The van der Waals surface area contributed by atoms with Crippen molar-refractivity contribution in [2.24, 2.45) is 0 Å². The summed E-state index contributed by atoms with van der Waals surface area (Å²) in [6.45, 7) is 2.09. The lowest BCUT2D eigenvalue weighted by Crippen LogP contribution is -1.85. The molecule has 0 nitrogen and oxygen atoms in total. The molecule has 0 spiro atoms. The second-order valence-corrected chi connectivity index (χ2v) is 4.64. The van der Waals surface area contributed by atoms with Crippen LogP contribution in [0, 0.1) is 6.92 Å². The normalized spacial score (nSPS) is 11.0. The zero-order valence-electron chi connectivity index (χ0n) is 7.17. The van der Waals surface area contributed by atoms with Gasteiger partial charge in [-0.2, -0.15) is 0 Å². The van der Waals surface area contributed by atoms with Gasteiger partial charge in [0.2, 0.25) is 0 Å². The maximum Gasteiger partial charge on any atom is 0.0485 e. The smallest absolute Gasteiger partial charge is 0.0485 e. The summed E-state index contributed by atoms with van der Waals surface area (Å²) in [7, 11) is 0. The van der Waals surface area contributed by atoms with Crippen molar-refractivity contribution in [1.29, 1.82) is 0 Å². The summed E-state index contributed by atoms with van der Waals surface area (Å²) in [6, 6.07) is 4.26. The molecule has 0 aliphatic rings. The molecule has 0 aliphatic carbocycles. The highest BCUT2D eigenvalue weighted by Crippen LogP contribution is 2.31. The highest BCUT2D eigenvalue weighted by molar-refractivity contribution is 7.80. The first-order valence-electron chi connectivity index (χ1n) is 3.98. The van der Waals surface area contributed by atoms with Gasteiger partial charge in [-0.1, -0.05) is 0 Å². The molecule has 13 heavy (non-hydrogen) atoms. The van der Waals surface area contributed by atoms with Gasteiger partial charge < -0.3 is 0 Å². The number of fused-ring (bicyclic) bond motifs is 1. The van der Waals surface area contributed by atoms with E-state index in [9.17, 15) is 0 Å². The maximum atomic E-state index is 5.83. The Hall–Kier alpha value is -0.180. The molecule has 3 heteroatoms. The number of benzene rings is 1. The predicted octanol–water partition coefficient (Wildman–Crippen LogP) is 4.24. The Kier molecular flexibility index (Phi) is 2.54. The van der Waals surface area contributed by atoms with Crippen LogP contribution in [-0.4, -0.2) is 0 Å². The van der Waals surface area contributed by atoms with Gasteiger partial charge in [0.25, 0.3) is 0 Å². The number of hydrogen-bond acceptors (Lipinski definition) is 2. The fraction of sp³-hybridized carbons (Fsp3) is 0.200. The third-order valence-electron chi connectivity index (χ3n) is 2.21. The van der Waals surface area contributed by atoms with Crippen molar-refractivity contribution in [2.75, 3.05) is 0 Å². The molecular weight excluding hydrogens is 220 g/mol. The number of halogens is 1. The van der Waals surface area contributed by atoms with E-state index in [1.807, 2.05) is 0 Å². The fourth-order valence-corrected chi connectivity index (χ4v) is 2.92. The van der Waals surface area contributed by atoms with Crippen molar-refractivity contribution in [2.45, 2.75) is 17.7 Å². The average molecular weight is 229 g/mol. The molecule has 2 aromatic rings. The summed E-state index contributed by atoms with van der Waals surface area (Å²) in [6.07, 6.45) is 0.